The molecule has 0 amide bonds. The van der Waals surface area contributed by atoms with E-state index < -0.39 is 0 Å². The van der Waals surface area contributed by atoms with Crippen molar-refractivity contribution in [1.82, 2.24) is 10.6 Å². The molecule has 0 bridgehead atoms. The largest absolute Gasteiger partial charge is 0.352 e. The molecule has 0 saturated carbocycles. The number of rotatable bonds is 4. The Morgan fingerprint density at radius 2 is 1.54 bits per heavy atom. The fraction of sp³-hybridized carbons (Fsp3) is 0.194. The zero-order valence-electron chi connectivity index (χ0n) is 20.0. The highest BCUT2D eigenvalue weighted by atomic mass is 32.1. The van der Waals surface area contributed by atoms with Gasteiger partial charge in [0, 0.05) is 11.1 Å². The summed E-state index contributed by atoms with van der Waals surface area (Å²) >= 11 is 5.76. The summed E-state index contributed by atoms with van der Waals surface area (Å²) in [6.07, 6.45) is 3.55. The molecular formula is C31H30N3S+. The van der Waals surface area contributed by atoms with Gasteiger partial charge in [-0.1, -0.05) is 91.9 Å². The third-order valence-corrected chi connectivity index (χ3v) is 7.50. The van der Waals surface area contributed by atoms with Gasteiger partial charge < -0.3 is 15.5 Å². The van der Waals surface area contributed by atoms with Crippen molar-refractivity contribution in [1.29, 1.82) is 0 Å². The minimum atomic E-state index is 0.0629. The van der Waals surface area contributed by atoms with Gasteiger partial charge in [-0.25, -0.2) is 0 Å². The maximum Gasteiger partial charge on any atom is 0.171 e. The van der Waals surface area contributed by atoms with Crippen LogP contribution in [0, 0.1) is 0 Å². The molecule has 174 valence electrons. The predicted octanol–water partition coefficient (Wildman–Crippen LogP) is 5.16. The Balaban J connectivity index is 1.53. The molecule has 1 unspecified atom stereocenters. The summed E-state index contributed by atoms with van der Waals surface area (Å²) in [7, 11) is 0. The van der Waals surface area contributed by atoms with Gasteiger partial charge in [-0.05, 0) is 57.4 Å². The van der Waals surface area contributed by atoms with Crippen LogP contribution in [0.25, 0.3) is 27.6 Å². The number of quaternary nitrogens is 1. The van der Waals surface area contributed by atoms with Gasteiger partial charge in [0.2, 0.25) is 0 Å². The van der Waals surface area contributed by atoms with E-state index in [1.807, 2.05) is 0 Å². The zero-order chi connectivity index (χ0) is 23.8. The van der Waals surface area contributed by atoms with E-state index >= 15 is 0 Å². The van der Waals surface area contributed by atoms with Crippen molar-refractivity contribution in [2.75, 3.05) is 19.6 Å². The molecule has 2 atom stereocenters. The van der Waals surface area contributed by atoms with Crippen molar-refractivity contribution in [3.05, 3.63) is 113 Å². The Hall–Kier alpha value is -3.47. The molecule has 0 radical (unpaired) electrons. The van der Waals surface area contributed by atoms with Crippen LogP contribution in [0.1, 0.15) is 30.5 Å². The summed E-state index contributed by atoms with van der Waals surface area (Å²) in [5.41, 5.74) is 6.49. The third-order valence-electron chi connectivity index (χ3n) is 7.28. The maximum atomic E-state index is 5.76. The lowest BCUT2D eigenvalue weighted by atomic mass is 9.86. The normalized spacial score (nSPS) is 21.2. The van der Waals surface area contributed by atoms with Crippen LogP contribution in [0.4, 0.5) is 0 Å². The van der Waals surface area contributed by atoms with Gasteiger partial charge in [0.25, 0.3) is 0 Å². The summed E-state index contributed by atoms with van der Waals surface area (Å²) in [5, 5.41) is 13.0. The summed E-state index contributed by atoms with van der Waals surface area (Å²) in [6.45, 7) is 5.43. The van der Waals surface area contributed by atoms with Gasteiger partial charge in [0.1, 0.15) is 13.1 Å². The Morgan fingerprint density at radius 1 is 0.857 bits per heavy atom. The van der Waals surface area contributed by atoms with Crippen LogP contribution in [-0.4, -0.2) is 24.7 Å². The van der Waals surface area contributed by atoms with E-state index in [-0.39, 0.29) is 6.04 Å². The predicted molar refractivity (Wildman–Crippen MR) is 150 cm³/mol. The van der Waals surface area contributed by atoms with Gasteiger partial charge in [0.05, 0.1) is 18.3 Å². The molecule has 0 aliphatic carbocycles. The molecule has 2 heterocycles. The van der Waals surface area contributed by atoms with Crippen molar-refractivity contribution >= 4 is 45.0 Å². The topological polar surface area (TPSA) is 28.5 Å². The van der Waals surface area contributed by atoms with Crippen LogP contribution in [0.5, 0.6) is 0 Å². The summed E-state index contributed by atoms with van der Waals surface area (Å²) in [5.74, 6) is 0. The lowest BCUT2D eigenvalue weighted by molar-refractivity contribution is -0.892. The second kappa shape index (κ2) is 9.29. The van der Waals surface area contributed by atoms with E-state index in [1.54, 1.807) is 4.90 Å². The summed E-state index contributed by atoms with van der Waals surface area (Å²) < 4.78 is 0. The first-order valence-electron chi connectivity index (χ1n) is 12.5. The van der Waals surface area contributed by atoms with Crippen LogP contribution in [0.3, 0.4) is 0 Å². The fourth-order valence-electron chi connectivity index (χ4n) is 5.74. The molecule has 0 fully saturated rings. The average molecular weight is 477 g/mol. The Bertz CT molecular complexity index is 1490. The highest BCUT2D eigenvalue weighted by molar-refractivity contribution is 7.80. The summed E-state index contributed by atoms with van der Waals surface area (Å²) in [6, 6.07) is 30.5. The fourth-order valence-corrected chi connectivity index (χ4v) is 5.96. The van der Waals surface area contributed by atoms with E-state index in [0.717, 1.165) is 26.1 Å². The molecule has 0 spiro atoms. The SMILES string of the molecule is CCC[NH+]1CC2=C(NC(=S)N[C@@H]2c2cccc3ccccc23)/C(=C/c2cccc3ccccc23)C1. The van der Waals surface area contributed by atoms with Crippen molar-refractivity contribution < 1.29 is 4.90 Å². The van der Waals surface area contributed by atoms with Crippen LogP contribution in [-0.2, 0) is 0 Å². The zero-order valence-corrected chi connectivity index (χ0v) is 20.8. The number of thiocarbonyl (C=S) groups is 1. The van der Waals surface area contributed by atoms with Crippen molar-refractivity contribution in [3.8, 4) is 0 Å². The number of nitrogens with one attached hydrogen (secondary N) is 3. The van der Waals surface area contributed by atoms with Gasteiger partial charge in [-0.2, -0.15) is 0 Å². The first-order chi connectivity index (χ1) is 17.2. The highest BCUT2D eigenvalue weighted by Crippen LogP contribution is 2.34. The monoisotopic (exact) mass is 476 g/mol. The molecule has 6 rings (SSSR count). The second-order valence-electron chi connectivity index (χ2n) is 9.59. The van der Waals surface area contributed by atoms with Crippen molar-refractivity contribution in [3.63, 3.8) is 0 Å². The van der Waals surface area contributed by atoms with Crippen LogP contribution in [0.15, 0.2) is 102 Å². The molecular weight excluding hydrogens is 446 g/mol. The Morgan fingerprint density at radius 3 is 2.34 bits per heavy atom. The quantitative estimate of drug-likeness (QED) is 0.356. The number of fused-ring (bicyclic) bond motifs is 2. The molecule has 3 N–H and O–H groups in total. The van der Waals surface area contributed by atoms with Gasteiger partial charge in [-0.15, -0.1) is 0 Å². The van der Waals surface area contributed by atoms with Crippen molar-refractivity contribution in [2.24, 2.45) is 0 Å². The van der Waals surface area contributed by atoms with Crippen LogP contribution in [0.2, 0.25) is 0 Å². The molecule has 4 heteroatoms. The molecule has 0 aromatic heterocycles. The van der Waals surface area contributed by atoms with E-state index in [1.165, 1.54) is 49.5 Å². The molecule has 0 saturated heterocycles. The van der Waals surface area contributed by atoms with Crippen molar-refractivity contribution in [2.45, 2.75) is 19.4 Å². The summed E-state index contributed by atoms with van der Waals surface area (Å²) in [4.78, 5) is 1.60. The molecule has 2 aliphatic heterocycles. The molecule has 2 aliphatic rings. The third kappa shape index (κ3) is 4.13. The minimum Gasteiger partial charge on any atom is -0.352 e. The maximum absolute atomic E-state index is 5.76. The van der Waals surface area contributed by atoms with E-state index in [9.17, 15) is 0 Å². The Kier molecular flexibility index (Phi) is 5.85. The average Bonchev–Trinajstić information content (AvgIpc) is 2.89. The lowest BCUT2D eigenvalue weighted by Crippen LogP contribution is -3.13. The minimum absolute atomic E-state index is 0.0629. The number of benzene rings is 4. The molecule has 35 heavy (non-hydrogen) atoms. The Labute approximate surface area is 212 Å². The first kappa shape index (κ1) is 22.0. The van der Waals surface area contributed by atoms with Crippen LogP contribution < -0.4 is 15.5 Å². The highest BCUT2D eigenvalue weighted by Gasteiger charge is 2.35. The standard InChI is InChI=1S/C31H29N3S/c1-2-17-34-19-24(18-23-13-7-11-21-9-3-5-14-25(21)23)29-28(20-34)30(33-31(35)32-29)27-16-8-12-22-10-4-6-15-26(22)27/h3-16,18,30H,2,17,19-20H2,1H3,(H2,32,33,35)/p+1/b24-18+/t30-/m1/s1. The second-order valence-corrected chi connectivity index (χ2v) is 10.00. The molecule has 3 nitrogen and oxygen atoms in total. The van der Waals surface area contributed by atoms with E-state index in [2.05, 4.69) is 109 Å². The van der Waals surface area contributed by atoms with Gasteiger partial charge >= 0.3 is 0 Å². The van der Waals surface area contributed by atoms with Gasteiger partial charge in [0.15, 0.2) is 5.11 Å². The number of hydrogen-bond acceptors (Lipinski definition) is 1. The number of hydrogen-bond donors (Lipinski definition) is 3. The van der Waals surface area contributed by atoms with E-state index in [4.69, 9.17) is 12.2 Å². The lowest BCUT2D eigenvalue weighted by Gasteiger charge is -2.38. The van der Waals surface area contributed by atoms with Crippen LogP contribution >= 0.6 is 12.2 Å². The molecule has 4 aromatic rings. The smallest absolute Gasteiger partial charge is 0.171 e. The van der Waals surface area contributed by atoms with Gasteiger partial charge in [-0.3, -0.25) is 0 Å². The van der Waals surface area contributed by atoms with E-state index in [0.29, 0.717) is 5.11 Å². The first-order valence-corrected chi connectivity index (χ1v) is 12.9. The molecule has 4 aromatic carbocycles.